The minimum absolute atomic E-state index is 0.424. The highest BCUT2D eigenvalue weighted by Crippen LogP contribution is 2.66. The van der Waals surface area contributed by atoms with E-state index in [4.69, 9.17) is 25.2 Å². The number of hydrogen-bond donors (Lipinski definition) is 7. The molecule has 6 atom stereocenters. The van der Waals surface area contributed by atoms with E-state index >= 15 is 0 Å². The Kier molecular flexibility index (Phi) is 7.14. The first-order valence-electron chi connectivity index (χ1n) is 7.11. The minimum atomic E-state index is -5.71. The van der Waals surface area contributed by atoms with Crippen LogP contribution >= 0.6 is 23.5 Å². The maximum absolute atomic E-state index is 11.7. The minimum Gasteiger partial charge on any atom is -0.387 e. The van der Waals surface area contributed by atoms with Crippen LogP contribution in [-0.4, -0.2) is 75.4 Å². The summed E-state index contributed by atoms with van der Waals surface area (Å²) in [5.41, 5.74) is 4.97. The molecule has 1 saturated heterocycles. The van der Waals surface area contributed by atoms with Crippen LogP contribution in [0.3, 0.4) is 0 Å². The van der Waals surface area contributed by atoms with Gasteiger partial charge in [0.15, 0.2) is 6.23 Å². The Hall–Kier alpha value is -1.10. The fourth-order valence-corrected chi connectivity index (χ4v) is 5.10. The summed E-state index contributed by atoms with van der Waals surface area (Å²) in [5, 5.41) is 23.5. The zero-order valence-corrected chi connectivity index (χ0v) is 16.5. The van der Waals surface area contributed by atoms with E-state index in [1.807, 2.05) is 0 Å². The summed E-state index contributed by atoms with van der Waals surface area (Å²) < 4.78 is 50.8. The van der Waals surface area contributed by atoms with Gasteiger partial charge < -0.3 is 40.3 Å². The van der Waals surface area contributed by atoms with Crippen molar-refractivity contribution in [1.82, 2.24) is 14.8 Å². The Morgan fingerprint density at radius 3 is 2.28 bits per heavy atom. The van der Waals surface area contributed by atoms with Gasteiger partial charge in [-0.05, 0) is 0 Å². The molecular formula is C8H15N4O14P3. The van der Waals surface area contributed by atoms with Gasteiger partial charge in [-0.3, -0.25) is 9.32 Å². The average molecular weight is 484 g/mol. The van der Waals surface area contributed by atoms with Gasteiger partial charge in [0.1, 0.15) is 24.6 Å². The number of phosphoric acid groups is 3. The van der Waals surface area contributed by atoms with Crippen molar-refractivity contribution < 1.29 is 66.2 Å². The number of hydrogen-bond acceptors (Lipinski definition) is 12. The normalized spacial score (nSPS) is 29.3. The lowest BCUT2D eigenvalue weighted by molar-refractivity contribution is -0.0580. The largest absolute Gasteiger partial charge is 0.490 e. The second kappa shape index (κ2) is 8.56. The number of phosphoric ester groups is 1. The van der Waals surface area contributed by atoms with Crippen molar-refractivity contribution in [2.75, 3.05) is 6.61 Å². The van der Waals surface area contributed by atoms with E-state index in [0.717, 1.165) is 11.0 Å². The van der Waals surface area contributed by atoms with Crippen molar-refractivity contribution in [3.63, 3.8) is 0 Å². The van der Waals surface area contributed by atoms with Crippen LogP contribution in [0.4, 0.5) is 0 Å². The standard InChI is InChI=1S/C8H15N4O14P3/c9-6(15)7-10-2-12(11-7)8-5(14)4(13)3(24-8)1-23-28(19,20)26-29(21,22)25-27(16,17)18/h2-5,8,13-14H,1H2,(H2,9,15)(H,19,20)(H,21,22)(H2,16,17,18). The molecule has 1 fully saturated rings. The summed E-state index contributed by atoms with van der Waals surface area (Å²) in [6.07, 6.45) is -5.38. The Morgan fingerprint density at radius 1 is 1.14 bits per heavy atom. The molecule has 166 valence electrons. The van der Waals surface area contributed by atoms with Crippen LogP contribution in [0.15, 0.2) is 6.33 Å². The molecule has 0 aromatic carbocycles. The number of nitrogens with zero attached hydrogens (tertiary/aromatic N) is 3. The summed E-state index contributed by atoms with van der Waals surface area (Å²) >= 11 is 0. The summed E-state index contributed by atoms with van der Waals surface area (Å²) in [5.74, 6) is -1.41. The number of nitrogens with two attached hydrogens (primary N) is 1. The molecule has 8 N–H and O–H groups in total. The van der Waals surface area contributed by atoms with E-state index in [2.05, 4.69) is 23.2 Å². The Morgan fingerprint density at radius 2 is 1.76 bits per heavy atom. The van der Waals surface area contributed by atoms with Crippen molar-refractivity contribution in [2.45, 2.75) is 24.5 Å². The van der Waals surface area contributed by atoms with Gasteiger partial charge in [-0.1, -0.05) is 0 Å². The van der Waals surface area contributed by atoms with Crippen LogP contribution in [0.1, 0.15) is 16.8 Å². The fourth-order valence-electron chi connectivity index (χ4n) is 2.07. The van der Waals surface area contributed by atoms with Gasteiger partial charge in [-0.25, -0.2) is 23.4 Å². The number of aliphatic hydroxyl groups is 2. The predicted molar refractivity (Wildman–Crippen MR) is 84.3 cm³/mol. The third-order valence-electron chi connectivity index (χ3n) is 3.14. The van der Waals surface area contributed by atoms with Gasteiger partial charge in [0.05, 0.1) is 6.61 Å². The number of carbonyl (C=O) groups excluding carboxylic acids is 1. The molecule has 1 aromatic rings. The zero-order valence-electron chi connectivity index (χ0n) is 13.8. The SMILES string of the molecule is NC(=O)c1ncn(C2OC(COP(=O)(O)OP(=O)(O)OP(=O)(O)O)C(O)C2O)n1. The maximum Gasteiger partial charge on any atom is 0.490 e. The van der Waals surface area contributed by atoms with Crippen molar-refractivity contribution in [3.05, 3.63) is 12.2 Å². The monoisotopic (exact) mass is 484 g/mol. The smallest absolute Gasteiger partial charge is 0.387 e. The molecule has 21 heteroatoms. The molecule has 0 bridgehead atoms. The summed E-state index contributed by atoms with van der Waals surface area (Å²) in [6.45, 7) is -1.00. The highest BCUT2D eigenvalue weighted by Gasteiger charge is 2.47. The molecule has 0 spiro atoms. The third kappa shape index (κ3) is 6.70. The number of amides is 1. The lowest BCUT2D eigenvalue weighted by Crippen LogP contribution is -2.33. The molecule has 0 saturated carbocycles. The number of ether oxygens (including phenoxy) is 1. The van der Waals surface area contributed by atoms with Gasteiger partial charge >= 0.3 is 23.5 Å². The lowest BCUT2D eigenvalue weighted by Gasteiger charge is -2.19. The van der Waals surface area contributed by atoms with Gasteiger partial charge in [0, 0.05) is 0 Å². The second-order valence-electron chi connectivity index (χ2n) is 5.35. The molecule has 1 aliphatic heterocycles. The predicted octanol–water partition coefficient (Wildman–Crippen LogP) is -2.66. The van der Waals surface area contributed by atoms with Crippen LogP contribution in [-0.2, 0) is 31.6 Å². The molecule has 1 aliphatic rings. The molecule has 0 radical (unpaired) electrons. The Labute approximate surface area is 160 Å². The zero-order chi connectivity index (χ0) is 22.2. The average Bonchev–Trinajstić information content (AvgIpc) is 3.09. The highest BCUT2D eigenvalue weighted by atomic mass is 31.3. The molecule has 6 unspecified atom stereocenters. The highest BCUT2D eigenvalue weighted by molar-refractivity contribution is 7.66. The molecule has 0 aliphatic carbocycles. The second-order valence-corrected chi connectivity index (χ2v) is 9.77. The Balaban J connectivity index is 2.01. The lowest BCUT2D eigenvalue weighted by atomic mass is 10.1. The molecule has 29 heavy (non-hydrogen) atoms. The van der Waals surface area contributed by atoms with E-state index in [-0.39, 0.29) is 0 Å². The number of primary amides is 1. The van der Waals surface area contributed by atoms with Crippen LogP contribution in [0.2, 0.25) is 0 Å². The van der Waals surface area contributed by atoms with E-state index in [1.54, 1.807) is 0 Å². The van der Waals surface area contributed by atoms with Gasteiger partial charge in [0.25, 0.3) is 5.91 Å². The molecule has 18 nitrogen and oxygen atoms in total. The van der Waals surface area contributed by atoms with Gasteiger partial charge in [-0.2, -0.15) is 8.62 Å². The van der Waals surface area contributed by atoms with Crippen LogP contribution in [0, 0.1) is 0 Å². The quantitative estimate of drug-likeness (QED) is 0.176. The van der Waals surface area contributed by atoms with Gasteiger partial charge in [0.2, 0.25) is 5.82 Å². The molecular weight excluding hydrogens is 469 g/mol. The molecule has 1 amide bonds. The Bertz CT molecular complexity index is 899. The van der Waals surface area contributed by atoms with Crippen molar-refractivity contribution in [3.8, 4) is 0 Å². The number of carbonyl (C=O) groups is 1. The first kappa shape index (κ1) is 24.2. The van der Waals surface area contributed by atoms with Crippen LogP contribution in [0.25, 0.3) is 0 Å². The van der Waals surface area contributed by atoms with E-state index in [0.29, 0.717) is 0 Å². The van der Waals surface area contributed by atoms with Crippen LogP contribution < -0.4 is 5.73 Å². The first-order valence-corrected chi connectivity index (χ1v) is 11.6. The first-order chi connectivity index (χ1) is 13.1. The fraction of sp³-hybridized carbons (Fsp3) is 0.625. The van der Waals surface area contributed by atoms with Crippen molar-refractivity contribution >= 4 is 29.4 Å². The van der Waals surface area contributed by atoms with E-state index < -0.39 is 66.3 Å². The maximum atomic E-state index is 11.7. The summed E-state index contributed by atoms with van der Waals surface area (Å²) in [7, 11) is -16.7. The number of aromatic nitrogens is 3. The molecule has 1 aromatic heterocycles. The van der Waals surface area contributed by atoms with Crippen molar-refractivity contribution in [2.24, 2.45) is 5.73 Å². The van der Waals surface area contributed by atoms with Gasteiger partial charge in [-0.15, -0.1) is 5.10 Å². The van der Waals surface area contributed by atoms with E-state index in [9.17, 15) is 33.6 Å². The molecule has 2 rings (SSSR count). The van der Waals surface area contributed by atoms with Crippen molar-refractivity contribution in [1.29, 1.82) is 0 Å². The third-order valence-corrected chi connectivity index (χ3v) is 6.95. The summed E-state index contributed by atoms with van der Waals surface area (Å²) in [6, 6.07) is 0. The number of aliphatic hydroxyl groups excluding tert-OH is 2. The number of rotatable bonds is 9. The summed E-state index contributed by atoms with van der Waals surface area (Å²) in [4.78, 5) is 49.8. The van der Waals surface area contributed by atoms with Crippen LogP contribution in [0.5, 0.6) is 0 Å². The molecule has 2 heterocycles. The van der Waals surface area contributed by atoms with E-state index in [1.165, 1.54) is 0 Å². The topological polar surface area (TPSA) is 283 Å².